The first kappa shape index (κ1) is 13.5. The molecule has 0 atom stereocenters. The number of pyridine rings is 1. The fourth-order valence-corrected chi connectivity index (χ4v) is 1.75. The average molecular weight is 320 g/mol. The molecular formula is C14H14BrN3O. The molecule has 0 unspecified atom stereocenters. The molecule has 2 amide bonds. The molecule has 0 saturated carbocycles. The highest BCUT2D eigenvalue weighted by Crippen LogP contribution is 2.10. The second-order valence-corrected chi connectivity index (χ2v) is 5.07. The normalized spacial score (nSPS) is 10.0. The Bertz CT molecular complexity index is 552. The number of urea groups is 1. The maximum atomic E-state index is 11.7. The number of nitrogens with zero attached hydrogens (tertiary/aromatic N) is 1. The predicted molar refractivity (Wildman–Crippen MR) is 79.0 cm³/mol. The minimum atomic E-state index is -0.265. The maximum Gasteiger partial charge on any atom is 0.320 e. The van der Waals surface area contributed by atoms with Crippen molar-refractivity contribution in [3.8, 4) is 0 Å². The summed E-state index contributed by atoms with van der Waals surface area (Å²) in [6, 6.07) is 11.2. The van der Waals surface area contributed by atoms with E-state index in [0.717, 1.165) is 15.6 Å². The third-order valence-electron chi connectivity index (χ3n) is 2.52. The molecule has 0 spiro atoms. The van der Waals surface area contributed by atoms with Crippen molar-refractivity contribution in [3.05, 3.63) is 58.2 Å². The van der Waals surface area contributed by atoms with Crippen LogP contribution in [-0.4, -0.2) is 11.0 Å². The topological polar surface area (TPSA) is 54.0 Å². The van der Waals surface area contributed by atoms with Crippen LogP contribution < -0.4 is 10.6 Å². The molecule has 0 saturated heterocycles. The minimum absolute atomic E-state index is 0.265. The number of carbonyl (C=O) groups is 1. The molecule has 2 N–H and O–H groups in total. The van der Waals surface area contributed by atoms with E-state index >= 15 is 0 Å². The fourth-order valence-electron chi connectivity index (χ4n) is 1.49. The predicted octanol–water partition coefficient (Wildman–Crippen LogP) is 3.47. The van der Waals surface area contributed by atoms with Gasteiger partial charge in [0, 0.05) is 17.2 Å². The van der Waals surface area contributed by atoms with Crippen LogP contribution in [0.4, 0.5) is 10.6 Å². The van der Waals surface area contributed by atoms with Crippen LogP contribution in [-0.2, 0) is 6.54 Å². The lowest BCUT2D eigenvalue weighted by Gasteiger charge is -2.07. The molecule has 19 heavy (non-hydrogen) atoms. The molecule has 0 bridgehead atoms. The Hall–Kier alpha value is -1.88. The molecule has 4 nitrogen and oxygen atoms in total. The van der Waals surface area contributed by atoms with Crippen molar-refractivity contribution in [2.45, 2.75) is 13.5 Å². The van der Waals surface area contributed by atoms with E-state index in [2.05, 4.69) is 31.5 Å². The zero-order valence-electron chi connectivity index (χ0n) is 10.5. The van der Waals surface area contributed by atoms with Gasteiger partial charge in [0.1, 0.15) is 5.82 Å². The minimum Gasteiger partial charge on any atom is -0.334 e. The molecule has 0 radical (unpaired) electrons. The first-order chi connectivity index (χ1) is 9.13. The monoisotopic (exact) mass is 319 g/mol. The summed E-state index contributed by atoms with van der Waals surface area (Å²) < 4.78 is 1.02. The Kier molecular flexibility index (Phi) is 4.52. The summed E-state index contributed by atoms with van der Waals surface area (Å²) in [6.07, 6.45) is 1.71. The third kappa shape index (κ3) is 4.37. The van der Waals surface area contributed by atoms with Crippen LogP contribution in [0.2, 0.25) is 0 Å². The Balaban J connectivity index is 1.84. The number of aromatic nitrogens is 1. The SMILES string of the molecule is Cc1ccc(NC(=O)NCc2ccc(Br)cc2)nc1. The summed E-state index contributed by atoms with van der Waals surface area (Å²) >= 11 is 3.37. The molecule has 0 fully saturated rings. The van der Waals surface area contributed by atoms with Gasteiger partial charge in [-0.15, -0.1) is 0 Å². The Morgan fingerprint density at radius 3 is 2.58 bits per heavy atom. The molecule has 5 heteroatoms. The number of anilines is 1. The second-order valence-electron chi connectivity index (χ2n) is 4.15. The van der Waals surface area contributed by atoms with Gasteiger partial charge in [-0.05, 0) is 36.2 Å². The zero-order chi connectivity index (χ0) is 13.7. The summed E-state index contributed by atoms with van der Waals surface area (Å²) in [5, 5.41) is 5.46. The van der Waals surface area contributed by atoms with Crippen molar-refractivity contribution in [3.63, 3.8) is 0 Å². The summed E-state index contributed by atoms with van der Waals surface area (Å²) in [4.78, 5) is 15.8. The third-order valence-corrected chi connectivity index (χ3v) is 3.05. The number of hydrogen-bond acceptors (Lipinski definition) is 2. The average Bonchev–Trinajstić information content (AvgIpc) is 2.41. The number of benzene rings is 1. The first-order valence-corrected chi connectivity index (χ1v) is 6.65. The Morgan fingerprint density at radius 2 is 1.95 bits per heavy atom. The van der Waals surface area contributed by atoms with Gasteiger partial charge < -0.3 is 5.32 Å². The van der Waals surface area contributed by atoms with Crippen molar-refractivity contribution in [2.75, 3.05) is 5.32 Å². The highest BCUT2D eigenvalue weighted by molar-refractivity contribution is 9.10. The molecular weight excluding hydrogens is 306 g/mol. The largest absolute Gasteiger partial charge is 0.334 e. The summed E-state index contributed by atoms with van der Waals surface area (Å²) in [6.45, 7) is 2.43. The van der Waals surface area contributed by atoms with Crippen LogP contribution in [0.5, 0.6) is 0 Å². The molecule has 0 aliphatic carbocycles. The summed E-state index contributed by atoms with van der Waals surface area (Å²) in [5.74, 6) is 0.541. The lowest BCUT2D eigenvalue weighted by Crippen LogP contribution is -2.28. The van der Waals surface area contributed by atoms with Gasteiger partial charge in [-0.1, -0.05) is 34.1 Å². The number of hydrogen-bond donors (Lipinski definition) is 2. The van der Waals surface area contributed by atoms with E-state index < -0.39 is 0 Å². The van der Waals surface area contributed by atoms with E-state index in [9.17, 15) is 4.79 Å². The standard InChI is InChI=1S/C14H14BrN3O/c1-10-2-7-13(16-8-10)18-14(19)17-9-11-3-5-12(15)6-4-11/h2-8H,9H2,1H3,(H2,16,17,18,19). The highest BCUT2D eigenvalue weighted by atomic mass is 79.9. The van der Waals surface area contributed by atoms with Gasteiger partial charge in [0.15, 0.2) is 0 Å². The van der Waals surface area contributed by atoms with Gasteiger partial charge in [0.2, 0.25) is 0 Å². The molecule has 2 aromatic rings. The van der Waals surface area contributed by atoms with Crippen LogP contribution in [0, 0.1) is 6.92 Å². The second kappa shape index (κ2) is 6.33. The molecule has 98 valence electrons. The zero-order valence-corrected chi connectivity index (χ0v) is 12.1. The number of nitrogens with one attached hydrogen (secondary N) is 2. The van der Waals surface area contributed by atoms with Gasteiger partial charge in [0.05, 0.1) is 0 Å². The fraction of sp³-hybridized carbons (Fsp3) is 0.143. The van der Waals surface area contributed by atoms with Crippen LogP contribution in [0.25, 0.3) is 0 Å². The number of rotatable bonds is 3. The van der Waals surface area contributed by atoms with Crippen LogP contribution in [0.15, 0.2) is 47.1 Å². The number of amides is 2. The van der Waals surface area contributed by atoms with E-state index in [1.165, 1.54) is 0 Å². The van der Waals surface area contributed by atoms with E-state index in [1.54, 1.807) is 12.3 Å². The van der Waals surface area contributed by atoms with Gasteiger partial charge in [-0.2, -0.15) is 0 Å². The number of aryl methyl sites for hydroxylation is 1. The lowest BCUT2D eigenvalue weighted by atomic mass is 10.2. The Morgan fingerprint density at radius 1 is 1.21 bits per heavy atom. The molecule has 1 aromatic heterocycles. The van der Waals surface area contributed by atoms with E-state index in [0.29, 0.717) is 12.4 Å². The number of halogens is 1. The van der Waals surface area contributed by atoms with Crippen molar-refractivity contribution in [1.82, 2.24) is 10.3 Å². The van der Waals surface area contributed by atoms with Gasteiger partial charge in [-0.3, -0.25) is 5.32 Å². The molecule has 0 aliphatic heterocycles. The first-order valence-electron chi connectivity index (χ1n) is 5.85. The molecule has 1 heterocycles. The summed E-state index contributed by atoms with van der Waals surface area (Å²) in [7, 11) is 0. The van der Waals surface area contributed by atoms with Gasteiger partial charge in [0.25, 0.3) is 0 Å². The van der Waals surface area contributed by atoms with Crippen molar-refractivity contribution < 1.29 is 4.79 Å². The van der Waals surface area contributed by atoms with Crippen LogP contribution >= 0.6 is 15.9 Å². The molecule has 1 aromatic carbocycles. The Labute approximate surface area is 120 Å². The van der Waals surface area contributed by atoms with E-state index in [1.807, 2.05) is 37.3 Å². The highest BCUT2D eigenvalue weighted by Gasteiger charge is 2.02. The van der Waals surface area contributed by atoms with Crippen molar-refractivity contribution in [1.29, 1.82) is 0 Å². The van der Waals surface area contributed by atoms with E-state index in [-0.39, 0.29) is 6.03 Å². The lowest BCUT2D eigenvalue weighted by molar-refractivity contribution is 0.251. The van der Waals surface area contributed by atoms with Gasteiger partial charge >= 0.3 is 6.03 Å². The summed E-state index contributed by atoms with van der Waals surface area (Å²) in [5.41, 5.74) is 2.09. The van der Waals surface area contributed by atoms with Crippen molar-refractivity contribution in [2.24, 2.45) is 0 Å². The number of carbonyl (C=O) groups excluding carboxylic acids is 1. The quantitative estimate of drug-likeness (QED) is 0.910. The van der Waals surface area contributed by atoms with Crippen LogP contribution in [0.3, 0.4) is 0 Å². The van der Waals surface area contributed by atoms with Gasteiger partial charge in [-0.25, -0.2) is 9.78 Å². The smallest absolute Gasteiger partial charge is 0.320 e. The van der Waals surface area contributed by atoms with Crippen LogP contribution in [0.1, 0.15) is 11.1 Å². The molecule has 0 aliphatic rings. The van der Waals surface area contributed by atoms with Crippen molar-refractivity contribution >= 4 is 27.8 Å². The molecule has 2 rings (SSSR count). The van der Waals surface area contributed by atoms with E-state index in [4.69, 9.17) is 0 Å². The maximum absolute atomic E-state index is 11.7.